The van der Waals surface area contributed by atoms with Crippen LogP contribution >= 0.6 is 34.2 Å². The molecule has 0 N–H and O–H groups in total. The van der Waals surface area contributed by atoms with Crippen molar-refractivity contribution < 1.29 is 0 Å². The van der Waals surface area contributed by atoms with Crippen molar-refractivity contribution in [2.45, 2.75) is 32.2 Å². The minimum atomic E-state index is -0.0116. The van der Waals surface area contributed by atoms with Gasteiger partial charge in [-0.2, -0.15) is 0 Å². The Morgan fingerprint density at radius 2 is 2.20 bits per heavy atom. The van der Waals surface area contributed by atoms with Crippen LogP contribution in [0.3, 0.4) is 0 Å². The van der Waals surface area contributed by atoms with Gasteiger partial charge in [-0.3, -0.25) is 9.36 Å². The fourth-order valence-corrected chi connectivity index (χ4v) is 2.62. The molecule has 1 aromatic rings. The van der Waals surface area contributed by atoms with Crippen molar-refractivity contribution >= 4 is 34.2 Å². The molecule has 0 aliphatic heterocycles. The van der Waals surface area contributed by atoms with E-state index in [0.717, 1.165) is 6.54 Å². The molecule has 0 bridgehead atoms. The molecule has 0 unspecified atom stereocenters. The zero-order valence-electron chi connectivity index (χ0n) is 8.25. The highest BCUT2D eigenvalue weighted by atomic mass is 127. The van der Waals surface area contributed by atoms with Gasteiger partial charge in [-0.05, 0) is 41.4 Å². The molecule has 0 atom stereocenters. The summed E-state index contributed by atoms with van der Waals surface area (Å²) in [6.07, 6.45) is 6.59. The van der Waals surface area contributed by atoms with Crippen molar-refractivity contribution in [1.82, 2.24) is 9.55 Å². The Balaban J connectivity index is 2.21. The summed E-state index contributed by atoms with van der Waals surface area (Å²) in [5.41, 5.74) is -0.0116. The van der Waals surface area contributed by atoms with E-state index in [4.69, 9.17) is 11.6 Å². The molecule has 1 saturated carbocycles. The Labute approximate surface area is 107 Å². The molecule has 0 aromatic carbocycles. The predicted molar refractivity (Wildman–Crippen MR) is 68.2 cm³/mol. The van der Waals surface area contributed by atoms with E-state index in [-0.39, 0.29) is 5.56 Å². The molecular weight excluding hydrogens is 326 g/mol. The fourth-order valence-electron chi connectivity index (χ4n) is 2.04. The van der Waals surface area contributed by atoms with Gasteiger partial charge in [-0.25, -0.2) is 4.98 Å². The molecule has 1 aliphatic carbocycles. The van der Waals surface area contributed by atoms with Crippen LogP contribution in [0.15, 0.2) is 11.1 Å². The maximum atomic E-state index is 11.8. The second kappa shape index (κ2) is 4.82. The highest BCUT2D eigenvalue weighted by molar-refractivity contribution is 14.1. The lowest BCUT2D eigenvalue weighted by molar-refractivity contribution is 0.444. The third kappa shape index (κ3) is 2.53. The standard InChI is InChI=1S/C10H12ClIN2O/c11-9-8(12)10(15)14(6-13-9)5-7-3-1-2-4-7/h6-7H,1-5H2. The maximum Gasteiger partial charge on any atom is 0.268 e. The molecule has 3 nitrogen and oxygen atoms in total. The molecule has 0 spiro atoms. The first-order valence-corrected chi connectivity index (χ1v) is 6.54. The minimum Gasteiger partial charge on any atom is -0.298 e. The van der Waals surface area contributed by atoms with Crippen LogP contribution in [-0.2, 0) is 6.54 Å². The zero-order chi connectivity index (χ0) is 10.8. The molecular formula is C10H12ClIN2O. The number of aromatic nitrogens is 2. The van der Waals surface area contributed by atoms with Gasteiger partial charge in [-0.15, -0.1) is 0 Å². The molecule has 0 saturated heterocycles. The summed E-state index contributed by atoms with van der Waals surface area (Å²) < 4.78 is 2.21. The SMILES string of the molecule is O=c1c(I)c(Cl)ncn1CC1CCCC1. The van der Waals surface area contributed by atoms with Crippen molar-refractivity contribution in [2.24, 2.45) is 5.92 Å². The lowest BCUT2D eigenvalue weighted by Gasteiger charge is -2.11. The molecule has 0 radical (unpaired) electrons. The van der Waals surface area contributed by atoms with Crippen molar-refractivity contribution in [1.29, 1.82) is 0 Å². The first-order chi connectivity index (χ1) is 7.18. The third-order valence-electron chi connectivity index (χ3n) is 2.87. The van der Waals surface area contributed by atoms with Gasteiger partial charge in [0.2, 0.25) is 0 Å². The zero-order valence-corrected chi connectivity index (χ0v) is 11.2. The van der Waals surface area contributed by atoms with Crippen molar-refractivity contribution in [3.8, 4) is 0 Å². The van der Waals surface area contributed by atoms with E-state index in [0.29, 0.717) is 14.6 Å². The minimum absolute atomic E-state index is 0.0116. The van der Waals surface area contributed by atoms with Crippen LogP contribution in [-0.4, -0.2) is 9.55 Å². The number of nitrogens with zero attached hydrogens (tertiary/aromatic N) is 2. The average Bonchev–Trinajstić information content (AvgIpc) is 2.72. The summed E-state index contributed by atoms with van der Waals surface area (Å²) in [6.45, 7) is 0.791. The van der Waals surface area contributed by atoms with Gasteiger partial charge in [-0.1, -0.05) is 24.4 Å². The van der Waals surface area contributed by atoms with E-state index in [9.17, 15) is 4.79 Å². The first-order valence-electron chi connectivity index (χ1n) is 5.09. The summed E-state index contributed by atoms with van der Waals surface area (Å²) >= 11 is 7.72. The lowest BCUT2D eigenvalue weighted by atomic mass is 10.1. The summed E-state index contributed by atoms with van der Waals surface area (Å²) in [5, 5.41) is 0.309. The van der Waals surface area contributed by atoms with E-state index in [1.165, 1.54) is 25.7 Å². The van der Waals surface area contributed by atoms with Gasteiger partial charge < -0.3 is 0 Å². The Hall–Kier alpha value is -0.100. The molecule has 5 heteroatoms. The monoisotopic (exact) mass is 338 g/mol. The predicted octanol–water partition coefficient (Wildman–Crippen LogP) is 2.69. The third-order valence-corrected chi connectivity index (χ3v) is 4.45. The smallest absolute Gasteiger partial charge is 0.268 e. The fraction of sp³-hybridized carbons (Fsp3) is 0.600. The number of halogens is 2. The van der Waals surface area contributed by atoms with Crippen LogP contribution in [0.25, 0.3) is 0 Å². The van der Waals surface area contributed by atoms with Gasteiger partial charge in [0.25, 0.3) is 5.56 Å². The summed E-state index contributed by atoms with van der Waals surface area (Å²) in [5.74, 6) is 0.640. The van der Waals surface area contributed by atoms with Crippen LogP contribution < -0.4 is 5.56 Å². The molecule has 1 heterocycles. The largest absolute Gasteiger partial charge is 0.298 e. The second-order valence-corrected chi connectivity index (χ2v) is 5.39. The molecule has 1 aromatic heterocycles. The summed E-state index contributed by atoms with van der Waals surface area (Å²) in [4.78, 5) is 15.8. The van der Waals surface area contributed by atoms with Gasteiger partial charge >= 0.3 is 0 Å². The van der Waals surface area contributed by atoms with Gasteiger partial charge in [0, 0.05) is 6.54 Å². The van der Waals surface area contributed by atoms with Gasteiger partial charge in [0.05, 0.1) is 6.33 Å². The highest BCUT2D eigenvalue weighted by Crippen LogP contribution is 2.25. The first kappa shape index (κ1) is 11.4. The Morgan fingerprint density at radius 1 is 1.53 bits per heavy atom. The van der Waals surface area contributed by atoms with Crippen molar-refractivity contribution in [3.05, 3.63) is 25.4 Å². The normalized spacial score (nSPS) is 17.2. The molecule has 2 rings (SSSR count). The summed E-state index contributed by atoms with van der Waals surface area (Å²) in [7, 11) is 0. The molecule has 1 fully saturated rings. The van der Waals surface area contributed by atoms with Crippen LogP contribution in [0.1, 0.15) is 25.7 Å². The van der Waals surface area contributed by atoms with E-state index in [1.54, 1.807) is 10.9 Å². The van der Waals surface area contributed by atoms with Crippen LogP contribution in [0.2, 0.25) is 5.15 Å². The maximum absolute atomic E-state index is 11.8. The van der Waals surface area contributed by atoms with Crippen LogP contribution in [0.5, 0.6) is 0 Å². The van der Waals surface area contributed by atoms with E-state index in [1.807, 2.05) is 22.6 Å². The molecule has 0 amide bonds. The second-order valence-electron chi connectivity index (χ2n) is 3.96. The van der Waals surface area contributed by atoms with Gasteiger partial charge in [0.1, 0.15) is 8.72 Å². The number of hydrogen-bond acceptors (Lipinski definition) is 2. The molecule has 15 heavy (non-hydrogen) atoms. The van der Waals surface area contributed by atoms with Crippen molar-refractivity contribution in [2.75, 3.05) is 0 Å². The Morgan fingerprint density at radius 3 is 2.87 bits per heavy atom. The molecule has 1 aliphatic rings. The van der Waals surface area contributed by atoms with E-state index < -0.39 is 0 Å². The molecule has 82 valence electrons. The van der Waals surface area contributed by atoms with Crippen LogP contribution in [0, 0.1) is 9.49 Å². The Bertz CT molecular complexity index is 412. The van der Waals surface area contributed by atoms with Crippen molar-refractivity contribution in [3.63, 3.8) is 0 Å². The lowest BCUT2D eigenvalue weighted by Crippen LogP contribution is -2.25. The number of hydrogen-bond donors (Lipinski definition) is 0. The summed E-state index contributed by atoms with van der Waals surface area (Å²) in [6, 6.07) is 0. The highest BCUT2D eigenvalue weighted by Gasteiger charge is 2.17. The quantitative estimate of drug-likeness (QED) is 0.614. The van der Waals surface area contributed by atoms with E-state index in [2.05, 4.69) is 4.98 Å². The van der Waals surface area contributed by atoms with Gasteiger partial charge in [0.15, 0.2) is 0 Å². The number of rotatable bonds is 2. The average molecular weight is 339 g/mol. The van der Waals surface area contributed by atoms with Crippen LogP contribution in [0.4, 0.5) is 0 Å². The Kier molecular flexibility index (Phi) is 3.66. The van der Waals surface area contributed by atoms with E-state index >= 15 is 0 Å². The topological polar surface area (TPSA) is 34.9 Å².